The Bertz CT molecular complexity index is 593. The van der Waals surface area contributed by atoms with Crippen LogP contribution in [0, 0.1) is 5.92 Å². The molecule has 1 amide bonds. The van der Waals surface area contributed by atoms with Gasteiger partial charge in [-0.25, -0.2) is 4.79 Å². The molecule has 1 aromatic rings. The number of anilines is 1. The molecule has 2 rings (SSSR count). The van der Waals surface area contributed by atoms with E-state index in [0.717, 1.165) is 38.4 Å². The van der Waals surface area contributed by atoms with Gasteiger partial charge in [-0.1, -0.05) is 20.8 Å². The quantitative estimate of drug-likeness (QED) is 0.754. The van der Waals surface area contributed by atoms with E-state index in [1.165, 1.54) is 7.11 Å². The van der Waals surface area contributed by atoms with Crippen molar-refractivity contribution in [1.29, 1.82) is 0 Å². The summed E-state index contributed by atoms with van der Waals surface area (Å²) in [4.78, 5) is 29.1. The first-order valence-electron chi connectivity index (χ1n) is 9.40. The molecule has 0 aliphatic carbocycles. The van der Waals surface area contributed by atoms with Crippen molar-refractivity contribution in [1.82, 2.24) is 10.2 Å². The number of likely N-dealkylation sites (N-methyl/N-ethyl adjacent to an activating group) is 1. The van der Waals surface area contributed by atoms with Crippen molar-refractivity contribution in [3.63, 3.8) is 0 Å². The van der Waals surface area contributed by atoms with E-state index >= 15 is 0 Å². The Morgan fingerprint density at radius 2 is 1.73 bits per heavy atom. The molecule has 1 fully saturated rings. The number of carbonyl (C=O) groups is 2. The van der Waals surface area contributed by atoms with Crippen LogP contribution in [0.4, 0.5) is 5.69 Å². The Morgan fingerprint density at radius 1 is 1.12 bits per heavy atom. The minimum Gasteiger partial charge on any atom is -0.467 e. The summed E-state index contributed by atoms with van der Waals surface area (Å²) in [7, 11) is 1.34. The average molecular weight is 361 g/mol. The first-order valence-corrected chi connectivity index (χ1v) is 9.40. The van der Waals surface area contributed by atoms with Gasteiger partial charge in [-0.15, -0.1) is 0 Å². The van der Waals surface area contributed by atoms with E-state index in [-0.39, 0.29) is 11.8 Å². The molecular formula is C20H31N3O3. The normalized spacial score (nSPS) is 16.4. The molecule has 6 nitrogen and oxygen atoms in total. The van der Waals surface area contributed by atoms with Gasteiger partial charge in [0.15, 0.2) is 0 Å². The Hall–Kier alpha value is -2.08. The standard InChI is InChI=1S/C20H31N3O3/c1-5-22-10-12-23(13-11-22)17-8-6-16(7-9-17)19(24)21-18(14-15(2)3)20(25)26-4/h6-9,15,18H,5,10-14H2,1-4H3,(H,21,24). The molecule has 0 bridgehead atoms. The Labute approximate surface area is 156 Å². The van der Waals surface area contributed by atoms with Crippen molar-refractivity contribution in [3.8, 4) is 0 Å². The number of methoxy groups -OCH3 is 1. The molecule has 144 valence electrons. The highest BCUT2D eigenvalue weighted by molar-refractivity contribution is 5.97. The monoisotopic (exact) mass is 361 g/mol. The number of piperazine rings is 1. The zero-order chi connectivity index (χ0) is 19.1. The minimum atomic E-state index is -0.616. The molecule has 6 heteroatoms. The average Bonchev–Trinajstić information content (AvgIpc) is 2.66. The van der Waals surface area contributed by atoms with Crippen molar-refractivity contribution in [2.45, 2.75) is 33.2 Å². The molecular weight excluding hydrogens is 330 g/mol. The SMILES string of the molecule is CCN1CCN(c2ccc(C(=O)NC(CC(C)C)C(=O)OC)cc2)CC1. The summed E-state index contributed by atoms with van der Waals surface area (Å²) in [6.07, 6.45) is 0.554. The van der Waals surface area contributed by atoms with Gasteiger partial charge in [0, 0.05) is 37.4 Å². The molecule has 0 aromatic heterocycles. The predicted octanol–water partition coefficient (Wildman–Crippen LogP) is 2.15. The van der Waals surface area contributed by atoms with Crippen molar-refractivity contribution in [2.75, 3.05) is 44.7 Å². The van der Waals surface area contributed by atoms with E-state index in [0.29, 0.717) is 12.0 Å². The van der Waals surface area contributed by atoms with Gasteiger partial charge in [-0.05, 0) is 43.1 Å². The number of carbonyl (C=O) groups excluding carboxylic acids is 2. The zero-order valence-electron chi connectivity index (χ0n) is 16.3. The molecule has 0 spiro atoms. The molecule has 1 aliphatic heterocycles. The number of nitrogens with zero attached hydrogens (tertiary/aromatic N) is 2. The van der Waals surface area contributed by atoms with Crippen molar-refractivity contribution in [2.24, 2.45) is 5.92 Å². The molecule has 0 radical (unpaired) electrons. The lowest BCUT2D eigenvalue weighted by atomic mass is 10.0. The fourth-order valence-electron chi connectivity index (χ4n) is 3.22. The van der Waals surface area contributed by atoms with E-state index in [9.17, 15) is 9.59 Å². The Balaban J connectivity index is 1.98. The molecule has 1 atom stereocenters. The second-order valence-electron chi connectivity index (χ2n) is 7.15. The molecule has 1 aliphatic rings. The van der Waals surface area contributed by atoms with Crippen LogP contribution in [0.3, 0.4) is 0 Å². The smallest absolute Gasteiger partial charge is 0.328 e. The molecule has 1 N–H and O–H groups in total. The van der Waals surface area contributed by atoms with Crippen molar-refractivity contribution in [3.05, 3.63) is 29.8 Å². The van der Waals surface area contributed by atoms with E-state index < -0.39 is 12.0 Å². The highest BCUT2D eigenvalue weighted by Gasteiger charge is 2.23. The van der Waals surface area contributed by atoms with Gasteiger partial charge in [0.1, 0.15) is 6.04 Å². The largest absolute Gasteiger partial charge is 0.467 e. The Kier molecular flexibility index (Phi) is 7.45. The van der Waals surface area contributed by atoms with E-state index in [1.807, 2.05) is 38.1 Å². The lowest BCUT2D eigenvalue weighted by Gasteiger charge is -2.35. The van der Waals surface area contributed by atoms with E-state index in [1.54, 1.807) is 0 Å². The lowest BCUT2D eigenvalue weighted by molar-refractivity contribution is -0.143. The maximum Gasteiger partial charge on any atom is 0.328 e. The van der Waals surface area contributed by atoms with Gasteiger partial charge in [0.25, 0.3) is 5.91 Å². The minimum absolute atomic E-state index is 0.247. The van der Waals surface area contributed by atoms with Crippen LogP contribution in [0.1, 0.15) is 37.6 Å². The summed E-state index contributed by atoms with van der Waals surface area (Å²) in [5, 5.41) is 2.79. The number of esters is 1. The summed E-state index contributed by atoms with van der Waals surface area (Å²) in [6.45, 7) is 11.4. The summed E-state index contributed by atoms with van der Waals surface area (Å²) in [6, 6.07) is 6.98. The fourth-order valence-corrected chi connectivity index (χ4v) is 3.22. The number of benzene rings is 1. The van der Waals surface area contributed by atoms with Gasteiger partial charge in [0.05, 0.1) is 7.11 Å². The third-order valence-corrected chi connectivity index (χ3v) is 4.81. The van der Waals surface area contributed by atoms with Crippen LogP contribution in [0.5, 0.6) is 0 Å². The number of amides is 1. The van der Waals surface area contributed by atoms with E-state index in [2.05, 4.69) is 22.0 Å². The first-order chi connectivity index (χ1) is 12.4. The fraction of sp³-hybridized carbons (Fsp3) is 0.600. The van der Waals surface area contributed by atoms with Gasteiger partial charge in [-0.2, -0.15) is 0 Å². The first kappa shape index (κ1) is 20.2. The number of ether oxygens (including phenoxy) is 1. The molecule has 26 heavy (non-hydrogen) atoms. The van der Waals surface area contributed by atoms with Gasteiger partial charge in [0.2, 0.25) is 0 Å². The highest BCUT2D eigenvalue weighted by atomic mass is 16.5. The Morgan fingerprint density at radius 3 is 2.23 bits per heavy atom. The van der Waals surface area contributed by atoms with Gasteiger partial charge >= 0.3 is 5.97 Å². The molecule has 1 aromatic carbocycles. The summed E-state index contributed by atoms with van der Waals surface area (Å²) in [5.41, 5.74) is 1.68. The van der Waals surface area contributed by atoms with Crippen LogP contribution in [0.25, 0.3) is 0 Å². The van der Waals surface area contributed by atoms with Crippen molar-refractivity contribution < 1.29 is 14.3 Å². The predicted molar refractivity (Wildman–Crippen MR) is 103 cm³/mol. The molecule has 1 heterocycles. The maximum absolute atomic E-state index is 12.5. The summed E-state index contributed by atoms with van der Waals surface area (Å²) < 4.78 is 4.80. The zero-order valence-corrected chi connectivity index (χ0v) is 16.3. The second kappa shape index (κ2) is 9.57. The number of hydrogen-bond donors (Lipinski definition) is 1. The summed E-state index contributed by atoms with van der Waals surface area (Å²) >= 11 is 0. The highest BCUT2D eigenvalue weighted by Crippen LogP contribution is 2.18. The number of rotatable bonds is 7. The molecule has 1 saturated heterocycles. The van der Waals surface area contributed by atoms with Crippen LogP contribution in [-0.4, -0.2) is 62.7 Å². The maximum atomic E-state index is 12.5. The van der Waals surface area contributed by atoms with Gasteiger partial charge < -0.3 is 19.9 Å². The third kappa shape index (κ3) is 5.46. The van der Waals surface area contributed by atoms with Crippen LogP contribution >= 0.6 is 0 Å². The van der Waals surface area contributed by atoms with Crippen LogP contribution < -0.4 is 10.2 Å². The van der Waals surface area contributed by atoms with Crippen LogP contribution in [0.2, 0.25) is 0 Å². The van der Waals surface area contributed by atoms with Gasteiger partial charge in [-0.3, -0.25) is 4.79 Å². The lowest BCUT2D eigenvalue weighted by Crippen LogP contribution is -2.46. The third-order valence-electron chi connectivity index (χ3n) is 4.81. The van der Waals surface area contributed by atoms with Crippen LogP contribution in [-0.2, 0) is 9.53 Å². The number of nitrogens with one attached hydrogen (secondary N) is 1. The second-order valence-corrected chi connectivity index (χ2v) is 7.15. The van der Waals surface area contributed by atoms with Crippen molar-refractivity contribution >= 4 is 17.6 Å². The van der Waals surface area contributed by atoms with E-state index in [4.69, 9.17) is 4.74 Å². The topological polar surface area (TPSA) is 61.9 Å². The molecule has 1 unspecified atom stereocenters. The molecule has 0 saturated carbocycles. The number of hydrogen-bond acceptors (Lipinski definition) is 5. The van der Waals surface area contributed by atoms with Crippen LogP contribution in [0.15, 0.2) is 24.3 Å². The summed E-state index contributed by atoms with van der Waals surface area (Å²) in [5.74, 6) is -0.371.